The molecule has 0 aliphatic heterocycles. The highest BCUT2D eigenvalue weighted by Crippen LogP contribution is 2.27. The van der Waals surface area contributed by atoms with Gasteiger partial charge >= 0.3 is 0 Å². The van der Waals surface area contributed by atoms with Crippen molar-refractivity contribution < 1.29 is 9.63 Å². The van der Waals surface area contributed by atoms with Crippen LogP contribution >= 0.6 is 0 Å². The van der Waals surface area contributed by atoms with E-state index < -0.39 is 0 Å². The van der Waals surface area contributed by atoms with Gasteiger partial charge in [0.2, 0.25) is 0 Å². The van der Waals surface area contributed by atoms with E-state index in [0.717, 1.165) is 28.2 Å². The zero-order chi connectivity index (χ0) is 22.5. The second-order valence-electron chi connectivity index (χ2n) is 7.74. The Hall–Kier alpha value is -3.68. The minimum Gasteiger partial charge on any atom is -0.384 e. The molecule has 31 heavy (non-hydrogen) atoms. The number of amides is 1. The van der Waals surface area contributed by atoms with Crippen LogP contribution in [0.25, 0.3) is 5.82 Å². The monoisotopic (exact) mass is 420 g/mol. The molecule has 0 atom stereocenters. The number of hydrogen-bond donors (Lipinski definition) is 2. The zero-order valence-electron chi connectivity index (χ0n) is 18.5. The molecule has 8 nitrogen and oxygen atoms in total. The Bertz CT molecular complexity index is 1100. The minimum atomic E-state index is -0.300. The highest BCUT2D eigenvalue weighted by Gasteiger charge is 2.12. The maximum atomic E-state index is 12.3. The van der Waals surface area contributed by atoms with E-state index in [1.807, 2.05) is 45.0 Å². The maximum Gasteiger partial charge on any atom is 0.265 e. The number of nitrogens with one attached hydrogen (secondary N) is 1. The molecule has 8 heteroatoms. The maximum absolute atomic E-state index is 12.3. The number of carbonyl (C=O) groups is 1. The normalized spacial score (nSPS) is 11.6. The summed E-state index contributed by atoms with van der Waals surface area (Å²) in [5, 5.41) is 11.2. The quantitative estimate of drug-likeness (QED) is 0.345. The molecule has 1 amide bonds. The van der Waals surface area contributed by atoms with Gasteiger partial charge in [-0.1, -0.05) is 37.2 Å². The van der Waals surface area contributed by atoms with Gasteiger partial charge in [0.1, 0.15) is 0 Å². The summed E-state index contributed by atoms with van der Waals surface area (Å²) < 4.78 is 1.75. The van der Waals surface area contributed by atoms with Crippen LogP contribution < -0.4 is 11.1 Å². The first-order valence-electron chi connectivity index (χ1n) is 10.1. The number of nitrogens with zero attached hydrogens (tertiary/aromatic N) is 4. The first-order chi connectivity index (χ1) is 14.8. The number of amidine groups is 1. The fraction of sp³-hybridized carbons (Fsp3) is 0.304. The predicted molar refractivity (Wildman–Crippen MR) is 121 cm³/mol. The number of aromatic nitrogens is 3. The number of hydrogen-bond acceptors (Lipinski definition) is 5. The smallest absolute Gasteiger partial charge is 0.265 e. The number of oxime groups is 1. The van der Waals surface area contributed by atoms with E-state index in [1.54, 1.807) is 23.0 Å². The van der Waals surface area contributed by atoms with Crippen LogP contribution in [-0.2, 0) is 9.63 Å². The van der Waals surface area contributed by atoms with Crippen molar-refractivity contribution in [1.82, 2.24) is 14.8 Å². The second kappa shape index (κ2) is 9.42. The van der Waals surface area contributed by atoms with E-state index in [1.165, 1.54) is 0 Å². The Morgan fingerprint density at radius 2 is 2.00 bits per heavy atom. The first-order valence-corrected chi connectivity index (χ1v) is 10.1. The molecule has 0 saturated heterocycles. The number of benzene rings is 1. The zero-order valence-corrected chi connectivity index (χ0v) is 18.5. The molecule has 0 aliphatic carbocycles. The van der Waals surface area contributed by atoms with E-state index in [0.29, 0.717) is 11.4 Å². The number of nitrogens with two attached hydrogens (primary N) is 1. The van der Waals surface area contributed by atoms with E-state index in [4.69, 9.17) is 10.6 Å². The third kappa shape index (κ3) is 5.28. The Balaban J connectivity index is 1.61. The van der Waals surface area contributed by atoms with Crippen molar-refractivity contribution in [2.45, 2.75) is 40.5 Å². The van der Waals surface area contributed by atoms with E-state index in [9.17, 15) is 4.79 Å². The highest BCUT2D eigenvalue weighted by molar-refractivity contribution is 5.97. The SMILES string of the molecule is Cc1cc(C)n(-c2ccc(/C(N)=N/OCC(=O)Nc3c(C)cccc3C(C)C)cn2)n1. The summed E-state index contributed by atoms with van der Waals surface area (Å²) in [5.74, 6) is 0.807. The molecule has 0 unspecified atom stereocenters. The Labute approximate surface area is 182 Å². The lowest BCUT2D eigenvalue weighted by molar-refractivity contribution is -0.120. The molecule has 0 saturated carbocycles. The van der Waals surface area contributed by atoms with Gasteiger partial charge in [-0.25, -0.2) is 9.67 Å². The third-order valence-electron chi connectivity index (χ3n) is 4.82. The molecular weight excluding hydrogens is 392 g/mol. The summed E-state index contributed by atoms with van der Waals surface area (Å²) in [6, 6.07) is 11.5. The average Bonchev–Trinajstić information content (AvgIpc) is 3.07. The number of aryl methyl sites for hydroxylation is 3. The van der Waals surface area contributed by atoms with Crippen LogP contribution in [-0.4, -0.2) is 33.1 Å². The van der Waals surface area contributed by atoms with Crippen LogP contribution in [0, 0.1) is 20.8 Å². The molecule has 0 fully saturated rings. The molecule has 1 aromatic carbocycles. The van der Waals surface area contributed by atoms with Crippen molar-refractivity contribution in [1.29, 1.82) is 0 Å². The molecule has 0 radical (unpaired) electrons. The van der Waals surface area contributed by atoms with Crippen molar-refractivity contribution in [2.24, 2.45) is 10.9 Å². The van der Waals surface area contributed by atoms with Crippen molar-refractivity contribution in [3.63, 3.8) is 0 Å². The van der Waals surface area contributed by atoms with Gasteiger partial charge < -0.3 is 15.9 Å². The molecule has 3 aromatic rings. The average molecular weight is 421 g/mol. The molecule has 3 rings (SSSR count). The van der Waals surface area contributed by atoms with Gasteiger partial charge in [0.05, 0.1) is 5.69 Å². The standard InChI is InChI=1S/C23H28N6O2/c1-14(2)19-8-6-7-15(3)22(19)26-21(30)13-31-28-23(24)18-9-10-20(25-12-18)29-17(5)11-16(4)27-29/h6-12,14H,13H2,1-5H3,(H2,24,28)(H,26,30). The fourth-order valence-corrected chi connectivity index (χ4v) is 3.25. The fourth-order valence-electron chi connectivity index (χ4n) is 3.25. The molecule has 0 spiro atoms. The summed E-state index contributed by atoms with van der Waals surface area (Å²) in [6.45, 7) is 9.77. The van der Waals surface area contributed by atoms with Gasteiger partial charge in [-0.15, -0.1) is 0 Å². The van der Waals surface area contributed by atoms with Gasteiger partial charge in [0.25, 0.3) is 5.91 Å². The Kier molecular flexibility index (Phi) is 6.69. The molecule has 0 aliphatic rings. The minimum absolute atomic E-state index is 0.138. The van der Waals surface area contributed by atoms with Crippen LogP contribution in [0.1, 0.15) is 47.8 Å². The Morgan fingerprint density at radius 3 is 2.61 bits per heavy atom. The van der Waals surface area contributed by atoms with Crippen LogP contribution in [0.4, 0.5) is 5.69 Å². The number of carbonyl (C=O) groups excluding carboxylic acids is 1. The number of rotatable bonds is 7. The van der Waals surface area contributed by atoms with E-state index in [2.05, 4.69) is 34.4 Å². The van der Waals surface area contributed by atoms with Crippen LogP contribution in [0.2, 0.25) is 0 Å². The first kappa shape index (κ1) is 22.0. The van der Waals surface area contributed by atoms with Gasteiger partial charge in [-0.05, 0) is 56.0 Å². The number of anilines is 1. The van der Waals surface area contributed by atoms with Gasteiger partial charge in [-0.2, -0.15) is 5.10 Å². The third-order valence-corrected chi connectivity index (χ3v) is 4.82. The lowest BCUT2D eigenvalue weighted by Gasteiger charge is -2.16. The summed E-state index contributed by atoms with van der Waals surface area (Å²) in [5.41, 5.74) is 11.4. The highest BCUT2D eigenvalue weighted by atomic mass is 16.6. The Morgan fingerprint density at radius 1 is 1.23 bits per heavy atom. The second-order valence-corrected chi connectivity index (χ2v) is 7.74. The van der Waals surface area contributed by atoms with Crippen molar-refractivity contribution in [3.8, 4) is 5.82 Å². The largest absolute Gasteiger partial charge is 0.384 e. The van der Waals surface area contributed by atoms with Gasteiger partial charge in [0, 0.05) is 23.1 Å². The van der Waals surface area contributed by atoms with Gasteiger partial charge in [0.15, 0.2) is 18.3 Å². The van der Waals surface area contributed by atoms with Crippen LogP contribution in [0.15, 0.2) is 47.8 Å². The summed E-state index contributed by atoms with van der Waals surface area (Å²) in [7, 11) is 0. The van der Waals surface area contributed by atoms with Crippen molar-refractivity contribution >= 4 is 17.4 Å². The topological polar surface area (TPSA) is 107 Å². The van der Waals surface area contributed by atoms with Gasteiger partial charge in [-0.3, -0.25) is 4.79 Å². The summed E-state index contributed by atoms with van der Waals surface area (Å²) in [4.78, 5) is 21.9. The van der Waals surface area contributed by atoms with Crippen LogP contribution in [0.5, 0.6) is 0 Å². The molecular formula is C23H28N6O2. The molecule has 2 aromatic heterocycles. The molecule has 2 heterocycles. The van der Waals surface area contributed by atoms with Crippen molar-refractivity contribution in [2.75, 3.05) is 11.9 Å². The number of para-hydroxylation sites is 1. The molecule has 0 bridgehead atoms. The van der Waals surface area contributed by atoms with Crippen LogP contribution in [0.3, 0.4) is 0 Å². The molecule has 162 valence electrons. The lowest BCUT2D eigenvalue weighted by Crippen LogP contribution is -2.21. The number of pyridine rings is 1. The summed E-state index contributed by atoms with van der Waals surface area (Å²) in [6.07, 6.45) is 1.59. The van der Waals surface area contributed by atoms with Crippen molar-refractivity contribution in [3.05, 3.63) is 70.7 Å². The molecule has 3 N–H and O–H groups in total. The summed E-state index contributed by atoms with van der Waals surface area (Å²) >= 11 is 0. The van der Waals surface area contributed by atoms with E-state index >= 15 is 0 Å². The van der Waals surface area contributed by atoms with E-state index in [-0.39, 0.29) is 24.3 Å². The predicted octanol–water partition coefficient (Wildman–Crippen LogP) is 3.59. The lowest BCUT2D eigenvalue weighted by atomic mass is 9.98.